The van der Waals surface area contributed by atoms with Crippen molar-refractivity contribution in [3.63, 3.8) is 0 Å². The standard InChI is InChI=1S/C17H15N3O2/c21-15(12-6-2-1-3-7-12)10-11-16(22)20-17-18-13-8-4-5-9-14(13)19-17/h1-9H,10-11H2,(H2,18,19,20,22). The van der Waals surface area contributed by atoms with Crippen molar-refractivity contribution in [2.24, 2.45) is 0 Å². The smallest absolute Gasteiger partial charge is 0.227 e. The summed E-state index contributed by atoms with van der Waals surface area (Å²) >= 11 is 0. The third-order valence-electron chi connectivity index (χ3n) is 3.32. The molecule has 0 spiro atoms. The van der Waals surface area contributed by atoms with E-state index in [0.29, 0.717) is 11.5 Å². The molecule has 1 amide bonds. The second-order valence-corrected chi connectivity index (χ2v) is 4.94. The molecule has 2 N–H and O–H groups in total. The molecule has 0 bridgehead atoms. The van der Waals surface area contributed by atoms with Gasteiger partial charge in [0.2, 0.25) is 11.9 Å². The van der Waals surface area contributed by atoms with E-state index >= 15 is 0 Å². The maximum atomic E-state index is 11.9. The van der Waals surface area contributed by atoms with Crippen molar-refractivity contribution in [3.8, 4) is 0 Å². The average Bonchev–Trinajstić information content (AvgIpc) is 2.95. The summed E-state index contributed by atoms with van der Waals surface area (Å²) < 4.78 is 0. The van der Waals surface area contributed by atoms with Gasteiger partial charge in [0, 0.05) is 18.4 Å². The lowest BCUT2D eigenvalue weighted by Crippen LogP contribution is -2.14. The van der Waals surface area contributed by atoms with Gasteiger partial charge in [-0.15, -0.1) is 0 Å². The van der Waals surface area contributed by atoms with Crippen LogP contribution < -0.4 is 5.32 Å². The Bertz CT molecular complexity index is 776. The highest BCUT2D eigenvalue weighted by Crippen LogP contribution is 2.13. The molecular formula is C17H15N3O2. The van der Waals surface area contributed by atoms with Crippen LogP contribution >= 0.6 is 0 Å². The second-order valence-electron chi connectivity index (χ2n) is 4.94. The van der Waals surface area contributed by atoms with E-state index in [2.05, 4.69) is 15.3 Å². The van der Waals surface area contributed by atoms with Crippen molar-refractivity contribution < 1.29 is 9.59 Å². The molecule has 110 valence electrons. The molecule has 22 heavy (non-hydrogen) atoms. The van der Waals surface area contributed by atoms with Gasteiger partial charge in [0.05, 0.1) is 11.0 Å². The highest BCUT2D eigenvalue weighted by atomic mass is 16.2. The zero-order valence-electron chi connectivity index (χ0n) is 11.9. The van der Waals surface area contributed by atoms with E-state index in [4.69, 9.17) is 0 Å². The van der Waals surface area contributed by atoms with Crippen LogP contribution in [0.1, 0.15) is 23.2 Å². The molecule has 3 rings (SSSR count). The molecule has 0 fully saturated rings. The van der Waals surface area contributed by atoms with Crippen molar-refractivity contribution in [3.05, 3.63) is 60.2 Å². The summed E-state index contributed by atoms with van der Waals surface area (Å²) in [6.07, 6.45) is 0.306. The zero-order valence-corrected chi connectivity index (χ0v) is 11.9. The van der Waals surface area contributed by atoms with E-state index in [0.717, 1.165) is 11.0 Å². The van der Waals surface area contributed by atoms with Gasteiger partial charge in [-0.1, -0.05) is 42.5 Å². The fourth-order valence-corrected chi connectivity index (χ4v) is 2.20. The van der Waals surface area contributed by atoms with Gasteiger partial charge in [-0.25, -0.2) is 4.98 Å². The number of imidazole rings is 1. The van der Waals surface area contributed by atoms with E-state index in [1.165, 1.54) is 0 Å². The van der Waals surface area contributed by atoms with Crippen LogP contribution in [0.4, 0.5) is 5.95 Å². The third-order valence-corrected chi connectivity index (χ3v) is 3.32. The molecule has 0 saturated heterocycles. The predicted molar refractivity (Wildman–Crippen MR) is 84.7 cm³/mol. The van der Waals surface area contributed by atoms with Gasteiger partial charge in [0.1, 0.15) is 0 Å². The quantitative estimate of drug-likeness (QED) is 0.709. The van der Waals surface area contributed by atoms with Gasteiger partial charge in [-0.2, -0.15) is 0 Å². The first-order chi connectivity index (χ1) is 10.7. The SMILES string of the molecule is O=C(CCC(=O)c1ccccc1)Nc1nc2ccccc2[nH]1. The first kappa shape index (κ1) is 14.0. The molecule has 1 heterocycles. The monoisotopic (exact) mass is 293 g/mol. The molecular weight excluding hydrogens is 278 g/mol. The Morgan fingerprint density at radius 2 is 1.68 bits per heavy atom. The van der Waals surface area contributed by atoms with Gasteiger partial charge in [0.15, 0.2) is 5.78 Å². The van der Waals surface area contributed by atoms with Crippen molar-refractivity contribution in [2.75, 3.05) is 5.32 Å². The number of fused-ring (bicyclic) bond motifs is 1. The van der Waals surface area contributed by atoms with Crippen molar-refractivity contribution >= 4 is 28.7 Å². The van der Waals surface area contributed by atoms with E-state index < -0.39 is 0 Å². The van der Waals surface area contributed by atoms with Gasteiger partial charge < -0.3 is 4.98 Å². The summed E-state index contributed by atoms with van der Waals surface area (Å²) in [6.45, 7) is 0. The van der Waals surface area contributed by atoms with Crippen LogP contribution in [-0.4, -0.2) is 21.7 Å². The summed E-state index contributed by atoms with van der Waals surface area (Å²) in [5.74, 6) is 0.127. The zero-order chi connectivity index (χ0) is 15.4. The molecule has 0 aliphatic heterocycles. The molecule has 0 aliphatic carbocycles. The number of carbonyl (C=O) groups excluding carboxylic acids is 2. The minimum Gasteiger partial charge on any atom is -0.324 e. The number of anilines is 1. The van der Waals surface area contributed by atoms with Crippen LogP contribution in [0, 0.1) is 0 Å². The van der Waals surface area contributed by atoms with Gasteiger partial charge >= 0.3 is 0 Å². The number of carbonyl (C=O) groups is 2. The molecule has 0 atom stereocenters. The third kappa shape index (κ3) is 3.20. The van der Waals surface area contributed by atoms with Gasteiger partial charge in [-0.3, -0.25) is 14.9 Å². The number of rotatable bonds is 5. The Balaban J connectivity index is 1.57. The Kier molecular flexibility index (Phi) is 3.96. The van der Waals surface area contributed by atoms with Crippen molar-refractivity contribution in [1.82, 2.24) is 9.97 Å². The molecule has 0 aliphatic rings. The number of para-hydroxylation sites is 2. The number of nitrogens with one attached hydrogen (secondary N) is 2. The first-order valence-corrected chi connectivity index (χ1v) is 7.05. The molecule has 0 radical (unpaired) electrons. The van der Waals surface area contributed by atoms with E-state index in [9.17, 15) is 9.59 Å². The number of amides is 1. The minimum atomic E-state index is -0.233. The minimum absolute atomic E-state index is 0.0413. The maximum Gasteiger partial charge on any atom is 0.227 e. The lowest BCUT2D eigenvalue weighted by atomic mass is 10.1. The number of hydrogen-bond donors (Lipinski definition) is 2. The van der Waals surface area contributed by atoms with Gasteiger partial charge in [0.25, 0.3) is 0 Å². The number of benzene rings is 2. The number of aromatic nitrogens is 2. The lowest BCUT2D eigenvalue weighted by Gasteiger charge is -2.02. The number of hydrogen-bond acceptors (Lipinski definition) is 3. The maximum absolute atomic E-state index is 11.9. The Morgan fingerprint density at radius 1 is 0.955 bits per heavy atom. The molecule has 0 saturated carbocycles. The largest absolute Gasteiger partial charge is 0.324 e. The van der Waals surface area contributed by atoms with Crippen molar-refractivity contribution in [1.29, 1.82) is 0 Å². The fourth-order valence-electron chi connectivity index (χ4n) is 2.20. The van der Waals surface area contributed by atoms with Gasteiger partial charge in [-0.05, 0) is 12.1 Å². The Morgan fingerprint density at radius 3 is 2.45 bits per heavy atom. The van der Waals surface area contributed by atoms with Crippen LogP contribution in [0.15, 0.2) is 54.6 Å². The number of ketones is 1. The van der Waals surface area contributed by atoms with Crippen LogP contribution in [0.5, 0.6) is 0 Å². The van der Waals surface area contributed by atoms with E-state index in [1.807, 2.05) is 42.5 Å². The summed E-state index contributed by atoms with van der Waals surface area (Å²) in [5, 5.41) is 2.68. The van der Waals surface area contributed by atoms with Crippen LogP contribution in [0.25, 0.3) is 11.0 Å². The predicted octanol–water partition coefficient (Wildman–Crippen LogP) is 3.16. The molecule has 2 aromatic carbocycles. The molecule has 1 aromatic heterocycles. The highest BCUT2D eigenvalue weighted by Gasteiger charge is 2.10. The van der Waals surface area contributed by atoms with E-state index in [-0.39, 0.29) is 24.5 Å². The van der Waals surface area contributed by atoms with Crippen LogP contribution in [-0.2, 0) is 4.79 Å². The highest BCUT2D eigenvalue weighted by molar-refractivity contribution is 5.99. The average molecular weight is 293 g/mol. The van der Waals surface area contributed by atoms with E-state index in [1.54, 1.807) is 12.1 Å². The first-order valence-electron chi connectivity index (χ1n) is 7.05. The molecule has 5 nitrogen and oxygen atoms in total. The molecule has 5 heteroatoms. The Hall–Kier alpha value is -2.95. The topological polar surface area (TPSA) is 74.8 Å². The van der Waals surface area contributed by atoms with Crippen LogP contribution in [0.2, 0.25) is 0 Å². The number of aromatic amines is 1. The fraction of sp³-hybridized carbons (Fsp3) is 0.118. The molecule has 3 aromatic rings. The summed E-state index contributed by atoms with van der Waals surface area (Å²) in [7, 11) is 0. The van der Waals surface area contributed by atoms with Crippen molar-refractivity contribution in [2.45, 2.75) is 12.8 Å². The summed E-state index contributed by atoms with van der Waals surface area (Å²) in [4.78, 5) is 31.1. The number of nitrogens with zero attached hydrogens (tertiary/aromatic N) is 1. The number of Topliss-reactive ketones (excluding diaryl/α,β-unsaturated/α-hetero) is 1. The second kappa shape index (κ2) is 6.22. The number of H-pyrrole nitrogens is 1. The summed E-state index contributed by atoms with van der Waals surface area (Å²) in [6, 6.07) is 16.5. The summed E-state index contributed by atoms with van der Waals surface area (Å²) in [5.41, 5.74) is 2.27. The van der Waals surface area contributed by atoms with Crippen LogP contribution in [0.3, 0.4) is 0 Å². The Labute approximate surface area is 127 Å². The molecule has 0 unspecified atom stereocenters. The normalized spacial score (nSPS) is 10.5. The lowest BCUT2D eigenvalue weighted by molar-refractivity contribution is -0.116.